The van der Waals surface area contributed by atoms with E-state index in [2.05, 4.69) is 25.3 Å². The van der Waals surface area contributed by atoms with Gasteiger partial charge in [0, 0.05) is 6.42 Å². The second-order valence-corrected chi connectivity index (χ2v) is 13.5. The van der Waals surface area contributed by atoms with Gasteiger partial charge in [-0.3, -0.25) is 9.32 Å². The number of carboxylic acid groups (broad SMARTS) is 1. The quantitative estimate of drug-likeness (QED) is 0.280. The lowest BCUT2D eigenvalue weighted by Crippen LogP contribution is -2.58. The first-order valence-corrected chi connectivity index (χ1v) is 14.6. The molecule has 0 aromatic rings. The number of rotatable bonds is 8. The van der Waals surface area contributed by atoms with Crippen molar-refractivity contribution in [3.05, 3.63) is 0 Å². The summed E-state index contributed by atoms with van der Waals surface area (Å²) in [7, 11) is -4.54. The standard InChI is InChI=1S/C25H43O8P/c1-15(4-7-22(27)28)18-5-6-19-23-20(9-11-25(18,19)3)24(2)10-8-17(12-16(24)13-21(23)26)32-14-33-34(29,30)31/h15-21,23,26H,4-14H2,1-3H3,(H,27,28)(H2,29,30,31)/t15-,16+,17-,18-,19+,20+,21+,23+,24+,25-/m1/s1. The van der Waals surface area contributed by atoms with Crippen LogP contribution in [0.25, 0.3) is 0 Å². The fourth-order valence-corrected chi connectivity index (χ4v) is 9.26. The van der Waals surface area contributed by atoms with Crippen LogP contribution in [0.15, 0.2) is 0 Å². The van der Waals surface area contributed by atoms with Crippen LogP contribution in [0.2, 0.25) is 0 Å². The molecule has 0 aromatic heterocycles. The molecular formula is C25H43O8P. The Bertz CT molecular complexity index is 800. The van der Waals surface area contributed by atoms with Gasteiger partial charge in [-0.05, 0) is 104 Å². The monoisotopic (exact) mass is 502 g/mol. The molecule has 0 spiro atoms. The maximum atomic E-state index is 11.4. The molecule has 0 saturated heterocycles. The van der Waals surface area contributed by atoms with Crippen molar-refractivity contribution in [1.29, 1.82) is 0 Å². The predicted octanol–water partition coefficient (Wildman–Crippen LogP) is 4.57. The van der Waals surface area contributed by atoms with Crippen LogP contribution < -0.4 is 0 Å². The van der Waals surface area contributed by atoms with Crippen LogP contribution in [0.1, 0.15) is 85.0 Å². The molecule has 0 amide bonds. The van der Waals surface area contributed by atoms with E-state index < -0.39 is 20.6 Å². The van der Waals surface area contributed by atoms with Gasteiger partial charge in [0.2, 0.25) is 0 Å². The number of fused-ring (bicyclic) bond motifs is 5. The first-order chi connectivity index (χ1) is 15.8. The summed E-state index contributed by atoms with van der Waals surface area (Å²) in [5, 5.41) is 20.6. The van der Waals surface area contributed by atoms with Gasteiger partial charge in [-0.15, -0.1) is 0 Å². The Labute approximate surface area is 203 Å². The van der Waals surface area contributed by atoms with Crippen molar-refractivity contribution in [3.8, 4) is 0 Å². The first kappa shape index (κ1) is 26.6. The predicted molar refractivity (Wildman–Crippen MR) is 126 cm³/mol. The van der Waals surface area contributed by atoms with E-state index in [1.807, 2.05) is 0 Å². The summed E-state index contributed by atoms with van der Waals surface area (Å²) in [5.74, 6) is 1.77. The molecule has 0 bridgehead atoms. The van der Waals surface area contributed by atoms with Crippen LogP contribution in [0.3, 0.4) is 0 Å². The van der Waals surface area contributed by atoms with Crippen molar-refractivity contribution in [1.82, 2.24) is 0 Å². The Hall–Kier alpha value is -0.500. The number of phosphoric acid groups is 1. The number of aliphatic hydroxyl groups excluding tert-OH is 1. The zero-order valence-electron chi connectivity index (χ0n) is 20.8. The van der Waals surface area contributed by atoms with E-state index in [0.717, 1.165) is 57.8 Å². The number of carboxylic acids is 1. The lowest BCUT2D eigenvalue weighted by molar-refractivity contribution is -0.183. The molecular weight excluding hydrogens is 459 g/mol. The average Bonchev–Trinajstić information content (AvgIpc) is 3.09. The molecule has 0 aliphatic heterocycles. The number of aliphatic hydroxyl groups is 1. The van der Waals surface area contributed by atoms with Crippen LogP contribution in [-0.4, -0.2) is 45.0 Å². The maximum Gasteiger partial charge on any atom is 0.471 e. The summed E-state index contributed by atoms with van der Waals surface area (Å²) in [4.78, 5) is 28.9. The van der Waals surface area contributed by atoms with Crippen LogP contribution in [-0.2, 0) is 18.6 Å². The Kier molecular flexibility index (Phi) is 7.62. The number of ether oxygens (including phenoxy) is 1. The largest absolute Gasteiger partial charge is 0.481 e. The van der Waals surface area contributed by atoms with Crippen LogP contribution >= 0.6 is 7.82 Å². The normalized spacial score (nSPS) is 45.2. The summed E-state index contributed by atoms with van der Waals surface area (Å²) in [6, 6.07) is 0. The second-order valence-electron chi connectivity index (χ2n) is 12.2. The van der Waals surface area contributed by atoms with Gasteiger partial charge >= 0.3 is 13.8 Å². The molecule has 4 aliphatic carbocycles. The van der Waals surface area contributed by atoms with E-state index in [4.69, 9.17) is 19.6 Å². The number of carbonyl (C=O) groups is 1. The molecule has 0 radical (unpaired) electrons. The molecule has 0 unspecified atom stereocenters. The van der Waals surface area contributed by atoms with Crippen LogP contribution in [0, 0.1) is 46.3 Å². The van der Waals surface area contributed by atoms with Gasteiger partial charge < -0.3 is 24.7 Å². The molecule has 10 atom stereocenters. The van der Waals surface area contributed by atoms with Crippen molar-refractivity contribution in [2.45, 2.75) is 97.2 Å². The van der Waals surface area contributed by atoms with Gasteiger partial charge in [-0.2, -0.15) is 0 Å². The topological polar surface area (TPSA) is 134 Å². The van der Waals surface area contributed by atoms with E-state index >= 15 is 0 Å². The maximum absolute atomic E-state index is 11.4. The van der Waals surface area contributed by atoms with Crippen molar-refractivity contribution in [2.75, 3.05) is 6.79 Å². The lowest BCUT2D eigenvalue weighted by atomic mass is 9.43. The Morgan fingerprint density at radius 3 is 2.41 bits per heavy atom. The molecule has 0 heterocycles. The summed E-state index contributed by atoms with van der Waals surface area (Å²) in [6.45, 7) is 6.62. The zero-order chi connectivity index (χ0) is 24.9. The first-order valence-electron chi connectivity index (χ1n) is 13.1. The average molecular weight is 503 g/mol. The third-order valence-electron chi connectivity index (χ3n) is 10.7. The second kappa shape index (κ2) is 9.75. The number of phosphoric ester groups is 1. The molecule has 8 nitrogen and oxygen atoms in total. The lowest BCUT2D eigenvalue weighted by Gasteiger charge is -2.62. The van der Waals surface area contributed by atoms with Crippen molar-refractivity contribution in [2.24, 2.45) is 46.3 Å². The number of hydrogen-bond donors (Lipinski definition) is 4. The molecule has 4 rings (SSSR count). The van der Waals surface area contributed by atoms with Crippen LogP contribution in [0.5, 0.6) is 0 Å². The summed E-state index contributed by atoms with van der Waals surface area (Å²) in [6.07, 6.45) is 8.40. The third kappa shape index (κ3) is 5.01. The zero-order valence-corrected chi connectivity index (χ0v) is 21.7. The molecule has 4 aliphatic rings. The highest BCUT2D eigenvalue weighted by Gasteiger charge is 2.62. The molecule has 4 N–H and O–H groups in total. The van der Waals surface area contributed by atoms with E-state index in [0.29, 0.717) is 35.5 Å². The summed E-state index contributed by atoms with van der Waals surface area (Å²) >= 11 is 0. The van der Waals surface area contributed by atoms with Crippen molar-refractivity contribution < 1.29 is 38.6 Å². The van der Waals surface area contributed by atoms with Gasteiger partial charge in [-0.1, -0.05) is 20.8 Å². The van der Waals surface area contributed by atoms with Crippen molar-refractivity contribution >= 4 is 13.8 Å². The Balaban J connectivity index is 1.44. The number of aliphatic carboxylic acids is 1. The van der Waals surface area contributed by atoms with E-state index in [-0.39, 0.29) is 29.5 Å². The van der Waals surface area contributed by atoms with Crippen molar-refractivity contribution in [3.63, 3.8) is 0 Å². The SMILES string of the molecule is C[C@H](CCC(=O)O)[C@H]1CC[C@H]2[C@@H]3[C@@H](O)C[C@@H]4C[C@H](OCOP(=O)(O)O)CC[C@]4(C)[C@H]3CC[C@]12C. The van der Waals surface area contributed by atoms with E-state index in [1.54, 1.807) is 0 Å². The minimum Gasteiger partial charge on any atom is -0.481 e. The van der Waals surface area contributed by atoms with Crippen LogP contribution in [0.4, 0.5) is 0 Å². The Morgan fingerprint density at radius 1 is 1.06 bits per heavy atom. The van der Waals surface area contributed by atoms with Gasteiger partial charge in [0.25, 0.3) is 0 Å². The highest BCUT2D eigenvalue weighted by Crippen LogP contribution is 2.68. The minimum absolute atomic E-state index is 0.104. The molecule has 34 heavy (non-hydrogen) atoms. The fraction of sp³-hybridized carbons (Fsp3) is 0.960. The van der Waals surface area contributed by atoms with E-state index in [9.17, 15) is 14.5 Å². The highest BCUT2D eigenvalue weighted by molar-refractivity contribution is 7.46. The molecule has 4 fully saturated rings. The molecule has 4 saturated carbocycles. The van der Waals surface area contributed by atoms with Gasteiger partial charge in [0.15, 0.2) is 6.79 Å². The van der Waals surface area contributed by atoms with Gasteiger partial charge in [-0.25, -0.2) is 4.57 Å². The smallest absolute Gasteiger partial charge is 0.471 e. The summed E-state index contributed by atoms with van der Waals surface area (Å²) in [5.41, 5.74) is 0.311. The fourth-order valence-electron chi connectivity index (χ4n) is 9.06. The Morgan fingerprint density at radius 2 is 1.74 bits per heavy atom. The summed E-state index contributed by atoms with van der Waals surface area (Å²) < 4.78 is 21.1. The highest BCUT2D eigenvalue weighted by atomic mass is 31.2. The molecule has 9 heteroatoms. The molecule has 196 valence electrons. The molecule has 0 aromatic carbocycles. The third-order valence-corrected chi connectivity index (χ3v) is 11.2. The number of hydrogen-bond acceptors (Lipinski definition) is 5. The van der Waals surface area contributed by atoms with Gasteiger partial charge in [0.05, 0.1) is 12.2 Å². The van der Waals surface area contributed by atoms with E-state index in [1.165, 1.54) is 0 Å². The minimum atomic E-state index is -4.54. The van der Waals surface area contributed by atoms with Gasteiger partial charge in [0.1, 0.15) is 0 Å².